The smallest absolute Gasteiger partial charge is 0.254 e. The van der Waals surface area contributed by atoms with Crippen LogP contribution in [0.25, 0.3) is 0 Å². The van der Waals surface area contributed by atoms with Gasteiger partial charge in [-0.15, -0.1) is 0 Å². The predicted molar refractivity (Wildman–Crippen MR) is 99.4 cm³/mol. The van der Waals surface area contributed by atoms with Gasteiger partial charge in [0.05, 0.1) is 11.4 Å². The summed E-state index contributed by atoms with van der Waals surface area (Å²) in [4.78, 5) is 26.1. The average Bonchev–Trinajstić information content (AvgIpc) is 2.64. The molecule has 0 saturated heterocycles. The van der Waals surface area contributed by atoms with E-state index in [1.54, 1.807) is 19.1 Å². The number of hydrogen-bond acceptors (Lipinski definition) is 4. The Hall–Kier alpha value is -2.74. The van der Waals surface area contributed by atoms with Crippen LogP contribution in [0.3, 0.4) is 0 Å². The molecule has 0 heterocycles. The number of halogens is 1. The highest BCUT2D eigenvalue weighted by atomic mass is 32.2. The zero-order valence-corrected chi connectivity index (χ0v) is 15.9. The van der Waals surface area contributed by atoms with Crippen LogP contribution in [0, 0.1) is 5.82 Å². The third kappa shape index (κ3) is 5.89. The first-order valence-corrected chi connectivity index (χ1v) is 10.2. The first-order valence-electron chi connectivity index (χ1n) is 8.31. The Morgan fingerprint density at radius 2 is 1.78 bits per heavy atom. The SMILES string of the molecule is CCN(CC(=O)NCc1ccc(F)cc1)C(=O)c1cccc(S(C)(=O)=O)c1. The van der Waals surface area contributed by atoms with Gasteiger partial charge in [-0.3, -0.25) is 9.59 Å². The van der Waals surface area contributed by atoms with E-state index in [0.717, 1.165) is 11.8 Å². The molecule has 2 rings (SSSR count). The van der Waals surface area contributed by atoms with E-state index in [2.05, 4.69) is 5.32 Å². The predicted octanol–water partition coefficient (Wildman–Crippen LogP) is 2.01. The third-order valence-electron chi connectivity index (χ3n) is 3.92. The number of hydrogen-bond donors (Lipinski definition) is 1. The molecular weight excluding hydrogens is 371 g/mol. The normalized spacial score (nSPS) is 11.1. The van der Waals surface area contributed by atoms with Crippen LogP contribution >= 0.6 is 0 Å². The number of sulfone groups is 1. The van der Waals surface area contributed by atoms with Crippen molar-refractivity contribution in [2.45, 2.75) is 18.4 Å². The van der Waals surface area contributed by atoms with Crippen LogP contribution < -0.4 is 5.32 Å². The summed E-state index contributed by atoms with van der Waals surface area (Å²) in [6, 6.07) is 11.5. The Labute approximate surface area is 157 Å². The molecule has 0 bridgehead atoms. The monoisotopic (exact) mass is 392 g/mol. The van der Waals surface area contributed by atoms with Crippen molar-refractivity contribution < 1.29 is 22.4 Å². The quantitative estimate of drug-likeness (QED) is 0.781. The molecule has 8 heteroatoms. The molecule has 6 nitrogen and oxygen atoms in total. The molecule has 2 amide bonds. The summed E-state index contributed by atoms with van der Waals surface area (Å²) in [6.07, 6.45) is 1.07. The van der Waals surface area contributed by atoms with Crippen molar-refractivity contribution in [2.24, 2.45) is 0 Å². The fraction of sp³-hybridized carbons (Fsp3) is 0.263. The standard InChI is InChI=1S/C19H21FN2O4S/c1-3-22(13-18(23)21-12-14-7-9-16(20)10-8-14)19(24)15-5-4-6-17(11-15)27(2,25)26/h4-11H,3,12-13H2,1-2H3,(H,21,23). The Kier molecular flexibility index (Phi) is 6.68. The zero-order chi connectivity index (χ0) is 20.0. The molecule has 27 heavy (non-hydrogen) atoms. The van der Waals surface area contributed by atoms with Gasteiger partial charge in [0, 0.05) is 24.9 Å². The molecule has 2 aromatic rings. The number of benzene rings is 2. The van der Waals surface area contributed by atoms with Gasteiger partial charge in [-0.25, -0.2) is 12.8 Å². The van der Waals surface area contributed by atoms with Crippen LogP contribution in [0.5, 0.6) is 0 Å². The van der Waals surface area contributed by atoms with Gasteiger partial charge in [0.1, 0.15) is 5.82 Å². The molecule has 0 aliphatic carbocycles. The first kappa shape index (κ1) is 20.6. The summed E-state index contributed by atoms with van der Waals surface area (Å²) in [5.41, 5.74) is 0.936. The van der Waals surface area contributed by atoms with E-state index >= 15 is 0 Å². The lowest BCUT2D eigenvalue weighted by Gasteiger charge is -2.20. The molecule has 0 aromatic heterocycles. The van der Waals surface area contributed by atoms with Crippen LogP contribution in [0.4, 0.5) is 4.39 Å². The maximum Gasteiger partial charge on any atom is 0.254 e. The third-order valence-corrected chi connectivity index (χ3v) is 5.03. The molecule has 0 atom stereocenters. The van der Waals surface area contributed by atoms with Crippen molar-refractivity contribution in [2.75, 3.05) is 19.3 Å². The number of carbonyl (C=O) groups is 2. The van der Waals surface area contributed by atoms with Crippen molar-refractivity contribution in [3.8, 4) is 0 Å². The number of carbonyl (C=O) groups excluding carboxylic acids is 2. The van der Waals surface area contributed by atoms with Gasteiger partial charge in [-0.1, -0.05) is 18.2 Å². The van der Waals surface area contributed by atoms with E-state index < -0.39 is 15.7 Å². The molecule has 2 aromatic carbocycles. The largest absolute Gasteiger partial charge is 0.350 e. The van der Waals surface area contributed by atoms with E-state index in [-0.39, 0.29) is 41.8 Å². The lowest BCUT2D eigenvalue weighted by Crippen LogP contribution is -2.40. The lowest BCUT2D eigenvalue weighted by atomic mass is 10.2. The van der Waals surface area contributed by atoms with Crippen LogP contribution in [-0.2, 0) is 21.2 Å². The fourth-order valence-corrected chi connectivity index (χ4v) is 3.07. The van der Waals surface area contributed by atoms with E-state index in [4.69, 9.17) is 0 Å². The van der Waals surface area contributed by atoms with Gasteiger partial charge in [-0.2, -0.15) is 0 Å². The fourth-order valence-electron chi connectivity index (χ4n) is 2.40. The zero-order valence-electron chi connectivity index (χ0n) is 15.1. The Morgan fingerprint density at radius 3 is 2.37 bits per heavy atom. The van der Waals surface area contributed by atoms with Gasteiger partial charge in [-0.05, 0) is 42.8 Å². The van der Waals surface area contributed by atoms with Crippen molar-refractivity contribution in [1.29, 1.82) is 0 Å². The molecular formula is C19H21FN2O4S. The van der Waals surface area contributed by atoms with Crippen molar-refractivity contribution in [3.63, 3.8) is 0 Å². The van der Waals surface area contributed by atoms with Gasteiger partial charge in [0.15, 0.2) is 9.84 Å². The highest BCUT2D eigenvalue weighted by Gasteiger charge is 2.19. The van der Waals surface area contributed by atoms with E-state index in [1.807, 2.05) is 0 Å². The summed E-state index contributed by atoms with van der Waals surface area (Å²) in [5, 5.41) is 2.67. The summed E-state index contributed by atoms with van der Waals surface area (Å²) in [5.74, 6) is -1.15. The van der Waals surface area contributed by atoms with Crippen LogP contribution in [-0.4, -0.2) is 44.5 Å². The number of nitrogens with zero attached hydrogens (tertiary/aromatic N) is 1. The molecule has 0 aliphatic heterocycles. The molecule has 1 N–H and O–H groups in total. The number of nitrogens with one attached hydrogen (secondary N) is 1. The van der Waals surface area contributed by atoms with Gasteiger partial charge in [0.2, 0.25) is 5.91 Å². The second-order valence-corrected chi connectivity index (χ2v) is 8.04. The Balaban J connectivity index is 2.02. The Bertz CT molecular complexity index is 927. The molecule has 0 aliphatic rings. The second kappa shape index (κ2) is 8.77. The average molecular weight is 392 g/mol. The van der Waals surface area contributed by atoms with E-state index in [9.17, 15) is 22.4 Å². The molecule has 0 saturated carbocycles. The molecule has 144 valence electrons. The lowest BCUT2D eigenvalue weighted by molar-refractivity contribution is -0.121. The van der Waals surface area contributed by atoms with Crippen molar-refractivity contribution in [1.82, 2.24) is 10.2 Å². The minimum absolute atomic E-state index is 0.0464. The summed E-state index contributed by atoms with van der Waals surface area (Å²) < 4.78 is 36.2. The van der Waals surface area contributed by atoms with E-state index in [1.165, 1.54) is 41.3 Å². The summed E-state index contributed by atoms with van der Waals surface area (Å²) >= 11 is 0. The molecule has 0 fully saturated rings. The van der Waals surface area contributed by atoms with Crippen LogP contribution in [0.1, 0.15) is 22.8 Å². The van der Waals surface area contributed by atoms with Crippen molar-refractivity contribution >= 4 is 21.7 Å². The number of rotatable bonds is 7. The summed E-state index contributed by atoms with van der Waals surface area (Å²) in [7, 11) is -3.43. The minimum atomic E-state index is -3.43. The highest BCUT2D eigenvalue weighted by molar-refractivity contribution is 7.90. The van der Waals surface area contributed by atoms with Gasteiger partial charge < -0.3 is 10.2 Å². The minimum Gasteiger partial charge on any atom is -0.350 e. The van der Waals surface area contributed by atoms with Gasteiger partial charge in [0.25, 0.3) is 5.91 Å². The molecule has 0 unspecified atom stereocenters. The Morgan fingerprint density at radius 1 is 1.11 bits per heavy atom. The van der Waals surface area contributed by atoms with Crippen LogP contribution in [0.15, 0.2) is 53.4 Å². The second-order valence-electron chi connectivity index (χ2n) is 6.02. The summed E-state index contributed by atoms with van der Waals surface area (Å²) in [6.45, 7) is 2.06. The highest BCUT2D eigenvalue weighted by Crippen LogP contribution is 2.13. The maximum absolute atomic E-state index is 12.9. The van der Waals surface area contributed by atoms with E-state index in [0.29, 0.717) is 0 Å². The number of likely N-dealkylation sites (N-methyl/N-ethyl adjacent to an activating group) is 1. The number of amides is 2. The molecule has 0 radical (unpaired) electrons. The topological polar surface area (TPSA) is 83.6 Å². The molecule has 0 spiro atoms. The maximum atomic E-state index is 12.9. The van der Waals surface area contributed by atoms with Crippen LogP contribution in [0.2, 0.25) is 0 Å². The van der Waals surface area contributed by atoms with Gasteiger partial charge >= 0.3 is 0 Å². The van der Waals surface area contributed by atoms with Crippen molar-refractivity contribution in [3.05, 3.63) is 65.5 Å². The first-order chi connectivity index (χ1) is 12.7.